The lowest BCUT2D eigenvalue weighted by molar-refractivity contribution is -0.138. The van der Waals surface area contributed by atoms with Crippen molar-refractivity contribution in [3.8, 4) is 0 Å². The predicted molar refractivity (Wildman–Crippen MR) is 112 cm³/mol. The molecule has 3 N–H and O–H groups in total. The first-order valence-corrected chi connectivity index (χ1v) is 10.5. The zero-order chi connectivity index (χ0) is 23.1. The molecule has 1 fully saturated rings. The maximum Gasteiger partial charge on any atom is 0.410 e. The molecule has 10 heteroatoms. The van der Waals surface area contributed by atoms with Crippen molar-refractivity contribution in [3.63, 3.8) is 0 Å². The van der Waals surface area contributed by atoms with Gasteiger partial charge >= 0.3 is 12.1 Å². The summed E-state index contributed by atoms with van der Waals surface area (Å²) in [6.45, 7) is 1.27. The van der Waals surface area contributed by atoms with E-state index >= 15 is 0 Å². The van der Waals surface area contributed by atoms with Gasteiger partial charge in [0.15, 0.2) is 0 Å². The van der Waals surface area contributed by atoms with Gasteiger partial charge in [-0.15, -0.1) is 0 Å². The van der Waals surface area contributed by atoms with Crippen LogP contribution in [-0.4, -0.2) is 76.6 Å². The number of aliphatic hydroxyl groups is 1. The number of carbonyl (C=O) groups is 4. The van der Waals surface area contributed by atoms with Crippen LogP contribution in [0.3, 0.4) is 0 Å². The number of likely N-dealkylation sites (tertiary alicyclic amines) is 1. The molecule has 2 aliphatic heterocycles. The second-order valence-electron chi connectivity index (χ2n) is 7.87. The zero-order valence-electron chi connectivity index (χ0n) is 17.7. The first-order valence-electron chi connectivity index (χ1n) is 10.5. The highest BCUT2D eigenvalue weighted by molar-refractivity contribution is 6.19. The summed E-state index contributed by atoms with van der Waals surface area (Å²) in [6.07, 6.45) is 1.12. The van der Waals surface area contributed by atoms with Gasteiger partial charge in [0.05, 0.1) is 0 Å². The van der Waals surface area contributed by atoms with Crippen LogP contribution in [0.4, 0.5) is 4.79 Å². The van der Waals surface area contributed by atoms with E-state index in [-0.39, 0.29) is 37.3 Å². The van der Waals surface area contributed by atoms with E-state index in [2.05, 4.69) is 5.32 Å². The Morgan fingerprint density at radius 2 is 1.78 bits per heavy atom. The van der Waals surface area contributed by atoms with Gasteiger partial charge in [0, 0.05) is 32.6 Å². The standard InChI is InChI=1S/C22H27N3O7/c26-17-8-11-25(21(30)19(17)20(29)23-12-18(27)28)13-15-6-9-24(10-7-15)22(31)32-14-16-4-2-1-3-5-16/h1-5,15,26H,6-14H2,(H,23,29)(H,27,28). The number of ether oxygens (including phenoxy) is 1. The maximum absolute atomic E-state index is 12.7. The van der Waals surface area contributed by atoms with Crippen molar-refractivity contribution in [1.29, 1.82) is 0 Å². The number of piperidine rings is 1. The van der Waals surface area contributed by atoms with Crippen LogP contribution in [-0.2, 0) is 25.7 Å². The fourth-order valence-electron chi connectivity index (χ4n) is 3.82. The highest BCUT2D eigenvalue weighted by Gasteiger charge is 2.34. The van der Waals surface area contributed by atoms with Crippen molar-refractivity contribution >= 4 is 23.9 Å². The van der Waals surface area contributed by atoms with Crippen molar-refractivity contribution in [2.75, 3.05) is 32.7 Å². The van der Waals surface area contributed by atoms with Crippen LogP contribution < -0.4 is 5.32 Å². The molecule has 3 amide bonds. The molecule has 10 nitrogen and oxygen atoms in total. The Bertz CT molecular complexity index is 892. The molecule has 0 bridgehead atoms. The Morgan fingerprint density at radius 3 is 2.44 bits per heavy atom. The number of hydrogen-bond donors (Lipinski definition) is 3. The lowest BCUT2D eigenvalue weighted by atomic mass is 9.95. The molecule has 0 aliphatic carbocycles. The summed E-state index contributed by atoms with van der Waals surface area (Å²) in [5, 5.41) is 20.8. The van der Waals surface area contributed by atoms with E-state index in [1.165, 1.54) is 4.90 Å². The van der Waals surface area contributed by atoms with E-state index in [4.69, 9.17) is 9.84 Å². The minimum absolute atomic E-state index is 0.131. The molecule has 3 rings (SSSR count). The largest absolute Gasteiger partial charge is 0.511 e. The molecule has 1 aromatic carbocycles. The van der Waals surface area contributed by atoms with Crippen LogP contribution in [0.15, 0.2) is 41.7 Å². The fourth-order valence-corrected chi connectivity index (χ4v) is 3.82. The number of carboxylic acids is 1. The summed E-state index contributed by atoms with van der Waals surface area (Å²) in [4.78, 5) is 50.9. The molecule has 0 unspecified atom stereocenters. The Balaban J connectivity index is 1.47. The molecule has 0 radical (unpaired) electrons. The quantitative estimate of drug-likeness (QED) is 0.538. The lowest BCUT2D eigenvalue weighted by Crippen LogP contribution is -2.47. The summed E-state index contributed by atoms with van der Waals surface area (Å²) in [5.74, 6) is -2.93. The number of carboxylic acid groups (broad SMARTS) is 1. The molecule has 0 spiro atoms. The molecule has 172 valence electrons. The van der Waals surface area contributed by atoms with Crippen molar-refractivity contribution in [2.45, 2.75) is 25.9 Å². The highest BCUT2D eigenvalue weighted by Crippen LogP contribution is 2.24. The minimum Gasteiger partial charge on any atom is -0.511 e. The Hall–Kier alpha value is -3.56. The highest BCUT2D eigenvalue weighted by atomic mass is 16.6. The second-order valence-corrected chi connectivity index (χ2v) is 7.87. The van der Waals surface area contributed by atoms with Crippen LogP contribution in [0.1, 0.15) is 24.8 Å². The van der Waals surface area contributed by atoms with Gasteiger partial charge in [-0.25, -0.2) is 4.79 Å². The molecule has 0 aromatic heterocycles. The molecule has 0 saturated carbocycles. The summed E-state index contributed by atoms with van der Waals surface area (Å²) in [7, 11) is 0. The summed E-state index contributed by atoms with van der Waals surface area (Å²) >= 11 is 0. The van der Waals surface area contributed by atoms with Crippen LogP contribution in [0.5, 0.6) is 0 Å². The SMILES string of the molecule is O=C(O)CNC(=O)C1=C(O)CCN(CC2CCN(C(=O)OCc3ccccc3)CC2)C1=O. The van der Waals surface area contributed by atoms with Crippen LogP contribution in [0, 0.1) is 5.92 Å². The molecular formula is C22H27N3O7. The van der Waals surface area contributed by atoms with Gasteiger partial charge in [0.25, 0.3) is 11.8 Å². The number of benzene rings is 1. The Morgan fingerprint density at radius 1 is 1.09 bits per heavy atom. The van der Waals surface area contributed by atoms with Gasteiger partial charge in [0.1, 0.15) is 24.5 Å². The minimum atomic E-state index is -1.24. The number of aliphatic hydroxyl groups excluding tert-OH is 1. The molecule has 1 aromatic rings. The second kappa shape index (κ2) is 10.7. The summed E-state index contributed by atoms with van der Waals surface area (Å²) in [6, 6.07) is 9.43. The van der Waals surface area contributed by atoms with Crippen LogP contribution in [0.25, 0.3) is 0 Å². The number of amides is 3. The van der Waals surface area contributed by atoms with E-state index in [1.807, 2.05) is 30.3 Å². The van der Waals surface area contributed by atoms with Gasteiger partial charge < -0.3 is 30.1 Å². The van der Waals surface area contributed by atoms with Gasteiger partial charge in [-0.1, -0.05) is 30.3 Å². The normalized spacial score (nSPS) is 17.3. The van der Waals surface area contributed by atoms with Crippen LogP contribution >= 0.6 is 0 Å². The number of hydrogen-bond acceptors (Lipinski definition) is 6. The van der Waals surface area contributed by atoms with E-state index < -0.39 is 29.9 Å². The monoisotopic (exact) mass is 445 g/mol. The Kier molecular flexibility index (Phi) is 7.69. The average Bonchev–Trinajstić information content (AvgIpc) is 2.79. The van der Waals surface area contributed by atoms with Crippen molar-refractivity contribution in [3.05, 3.63) is 47.2 Å². The number of rotatable bonds is 7. The van der Waals surface area contributed by atoms with Crippen molar-refractivity contribution < 1.29 is 34.1 Å². The molecule has 1 saturated heterocycles. The molecule has 32 heavy (non-hydrogen) atoms. The van der Waals surface area contributed by atoms with Gasteiger partial charge in [-0.05, 0) is 24.3 Å². The van der Waals surface area contributed by atoms with E-state index in [1.54, 1.807) is 4.90 Å². The number of nitrogens with zero attached hydrogens (tertiary/aromatic N) is 2. The summed E-state index contributed by atoms with van der Waals surface area (Å²) in [5.41, 5.74) is 0.512. The third-order valence-corrected chi connectivity index (χ3v) is 5.59. The van der Waals surface area contributed by atoms with E-state index in [0.29, 0.717) is 32.5 Å². The molecular weight excluding hydrogens is 418 g/mol. The first kappa shape index (κ1) is 23.1. The van der Waals surface area contributed by atoms with Gasteiger partial charge in [-0.3, -0.25) is 14.4 Å². The fraction of sp³-hybridized carbons (Fsp3) is 0.455. The Labute approximate surface area is 185 Å². The molecule has 2 aliphatic rings. The van der Waals surface area contributed by atoms with Crippen LogP contribution in [0.2, 0.25) is 0 Å². The number of nitrogens with one attached hydrogen (secondary N) is 1. The third kappa shape index (κ3) is 5.99. The topological polar surface area (TPSA) is 136 Å². The lowest BCUT2D eigenvalue weighted by Gasteiger charge is -2.35. The first-order chi connectivity index (χ1) is 15.3. The average molecular weight is 445 g/mol. The predicted octanol–water partition coefficient (Wildman–Crippen LogP) is 1.28. The van der Waals surface area contributed by atoms with E-state index in [0.717, 1.165) is 5.56 Å². The van der Waals surface area contributed by atoms with Gasteiger partial charge in [-0.2, -0.15) is 0 Å². The van der Waals surface area contributed by atoms with Gasteiger partial charge in [0.2, 0.25) is 0 Å². The van der Waals surface area contributed by atoms with Crippen molar-refractivity contribution in [1.82, 2.24) is 15.1 Å². The summed E-state index contributed by atoms with van der Waals surface area (Å²) < 4.78 is 5.36. The van der Waals surface area contributed by atoms with Crippen molar-refractivity contribution in [2.24, 2.45) is 5.92 Å². The molecule has 2 heterocycles. The number of aliphatic carboxylic acids is 1. The molecule has 0 atom stereocenters. The smallest absolute Gasteiger partial charge is 0.410 e. The number of carbonyl (C=O) groups excluding carboxylic acids is 3. The maximum atomic E-state index is 12.7. The van der Waals surface area contributed by atoms with E-state index in [9.17, 15) is 24.3 Å². The third-order valence-electron chi connectivity index (χ3n) is 5.59. The zero-order valence-corrected chi connectivity index (χ0v) is 17.7.